The van der Waals surface area contributed by atoms with Gasteiger partial charge >= 0.3 is 0 Å². The van der Waals surface area contributed by atoms with Crippen LogP contribution in [0.15, 0.2) is 103 Å². The normalized spacial score (nSPS) is 11.6. The highest BCUT2D eigenvalue weighted by Crippen LogP contribution is 2.21. The van der Waals surface area contributed by atoms with Gasteiger partial charge in [0, 0.05) is 36.0 Å². The van der Waals surface area contributed by atoms with E-state index in [0.29, 0.717) is 32.8 Å². The third-order valence-corrected chi connectivity index (χ3v) is 8.15. The summed E-state index contributed by atoms with van der Waals surface area (Å²) in [6, 6.07) is 27.4. The van der Waals surface area contributed by atoms with Crippen molar-refractivity contribution in [2.45, 2.75) is 77.6 Å². The van der Waals surface area contributed by atoms with Crippen molar-refractivity contribution >= 4 is 5.78 Å². The number of aromatic nitrogens is 2. The van der Waals surface area contributed by atoms with Crippen molar-refractivity contribution in [3.05, 3.63) is 120 Å². The fraction of sp³-hybridized carbons (Fsp3) is 0.390. The lowest BCUT2D eigenvalue weighted by atomic mass is 10.0. The zero-order valence-electron chi connectivity index (χ0n) is 27.9. The molecular formula is C41H50N2O4. The van der Waals surface area contributed by atoms with Gasteiger partial charge in [-0.1, -0.05) is 74.6 Å². The molecule has 248 valence electrons. The van der Waals surface area contributed by atoms with Gasteiger partial charge in [-0.2, -0.15) is 0 Å². The van der Waals surface area contributed by atoms with Gasteiger partial charge in [-0.05, 0) is 92.1 Å². The fourth-order valence-electron chi connectivity index (χ4n) is 5.62. The molecule has 0 saturated carbocycles. The first-order valence-electron chi connectivity index (χ1n) is 17.2. The summed E-state index contributed by atoms with van der Waals surface area (Å²) in [5.74, 6) is 0.113. The lowest BCUT2D eigenvalue weighted by Crippen LogP contribution is -2.08. The molecule has 2 heterocycles. The molecular weight excluding hydrogens is 584 g/mol. The smallest absolute Gasteiger partial charge is 0.155 e. The number of pyridine rings is 2. The van der Waals surface area contributed by atoms with E-state index in [4.69, 9.17) is 9.47 Å². The molecule has 0 spiro atoms. The average Bonchev–Trinajstić information content (AvgIpc) is 3.09. The van der Waals surface area contributed by atoms with Crippen molar-refractivity contribution in [3.8, 4) is 22.5 Å². The molecule has 0 bridgehead atoms. The molecule has 4 aromatic rings. The Hall–Kier alpha value is -4.13. The Morgan fingerprint density at radius 3 is 1.85 bits per heavy atom. The number of aryl methyl sites for hydroxylation is 1. The van der Waals surface area contributed by atoms with Crippen LogP contribution in [0.5, 0.6) is 0 Å². The monoisotopic (exact) mass is 634 g/mol. The van der Waals surface area contributed by atoms with Crippen molar-refractivity contribution < 1.29 is 19.4 Å². The molecule has 47 heavy (non-hydrogen) atoms. The van der Waals surface area contributed by atoms with E-state index in [2.05, 4.69) is 70.6 Å². The highest BCUT2D eigenvalue weighted by atomic mass is 16.5. The third kappa shape index (κ3) is 14.0. The van der Waals surface area contributed by atoms with E-state index in [1.807, 2.05) is 30.6 Å². The summed E-state index contributed by atoms with van der Waals surface area (Å²) in [7, 11) is 0. The predicted molar refractivity (Wildman–Crippen MR) is 190 cm³/mol. The van der Waals surface area contributed by atoms with Gasteiger partial charge in [0.2, 0.25) is 0 Å². The van der Waals surface area contributed by atoms with Crippen LogP contribution in [0.25, 0.3) is 22.5 Å². The second-order valence-corrected chi connectivity index (χ2v) is 12.1. The van der Waals surface area contributed by atoms with Crippen molar-refractivity contribution in [1.29, 1.82) is 0 Å². The number of hydrogen-bond acceptors (Lipinski definition) is 6. The second-order valence-electron chi connectivity index (χ2n) is 12.1. The number of nitrogens with zero attached hydrogens (tertiary/aromatic N) is 2. The number of carbonyl (C=O) groups is 1. The molecule has 0 aliphatic carbocycles. The van der Waals surface area contributed by atoms with Crippen LogP contribution in [0.3, 0.4) is 0 Å². The van der Waals surface area contributed by atoms with Crippen LogP contribution >= 0.6 is 0 Å². The molecule has 1 N–H and O–H groups in total. The SMILES string of the molecule is CC(=O)C=C(O)CCCCCCCCCc1ccnc(-c2cccc(CCOCCOCCc3cccc(-c4ccccn4)c3)c2)c1. The summed E-state index contributed by atoms with van der Waals surface area (Å²) >= 11 is 0. The van der Waals surface area contributed by atoms with Crippen molar-refractivity contribution in [2.75, 3.05) is 26.4 Å². The second kappa shape index (κ2) is 20.9. The highest BCUT2D eigenvalue weighted by Gasteiger charge is 2.05. The zero-order valence-corrected chi connectivity index (χ0v) is 27.9. The number of carbonyl (C=O) groups excluding carboxylic acids is 1. The lowest BCUT2D eigenvalue weighted by molar-refractivity contribution is -0.112. The first-order chi connectivity index (χ1) is 23.1. The summed E-state index contributed by atoms with van der Waals surface area (Å²) < 4.78 is 11.7. The maximum Gasteiger partial charge on any atom is 0.155 e. The molecule has 2 aromatic heterocycles. The summed E-state index contributed by atoms with van der Waals surface area (Å²) in [5, 5.41) is 9.66. The van der Waals surface area contributed by atoms with Crippen LogP contribution in [0.4, 0.5) is 0 Å². The average molecular weight is 635 g/mol. The van der Waals surface area contributed by atoms with Crippen LogP contribution in [-0.4, -0.2) is 47.3 Å². The maximum absolute atomic E-state index is 11.0. The Balaban J connectivity index is 1.07. The first-order valence-corrected chi connectivity index (χ1v) is 17.2. The Morgan fingerprint density at radius 1 is 0.617 bits per heavy atom. The summed E-state index contributed by atoms with van der Waals surface area (Å²) in [6.07, 6.45) is 16.5. The fourth-order valence-corrected chi connectivity index (χ4v) is 5.62. The summed E-state index contributed by atoms with van der Waals surface area (Å²) in [5.41, 5.74) is 8.10. The Labute approximate surface area is 280 Å². The molecule has 6 nitrogen and oxygen atoms in total. The molecule has 0 radical (unpaired) electrons. The molecule has 0 saturated heterocycles. The molecule has 0 atom stereocenters. The van der Waals surface area contributed by atoms with E-state index in [9.17, 15) is 9.90 Å². The van der Waals surface area contributed by atoms with Crippen molar-refractivity contribution in [1.82, 2.24) is 9.97 Å². The number of ether oxygens (including phenoxy) is 2. The van der Waals surface area contributed by atoms with E-state index < -0.39 is 0 Å². The predicted octanol–water partition coefficient (Wildman–Crippen LogP) is 9.32. The topological polar surface area (TPSA) is 81.5 Å². The maximum atomic E-state index is 11.0. The van der Waals surface area contributed by atoms with Gasteiger partial charge in [-0.3, -0.25) is 14.8 Å². The van der Waals surface area contributed by atoms with Gasteiger partial charge < -0.3 is 14.6 Å². The number of benzene rings is 2. The van der Waals surface area contributed by atoms with Gasteiger partial charge in [-0.15, -0.1) is 0 Å². The minimum atomic E-state index is -0.0941. The summed E-state index contributed by atoms with van der Waals surface area (Å²) in [4.78, 5) is 20.1. The summed E-state index contributed by atoms with van der Waals surface area (Å²) in [6.45, 7) is 3.96. The zero-order chi connectivity index (χ0) is 32.9. The standard InChI is InChI=1S/C41H50N2O4/c1-33(44)29-39(45)18-8-6-4-2-3-5-7-13-34-20-24-43-41(32-34)38-17-12-15-36(31-38)22-26-47-28-27-46-25-21-35-14-11-16-37(30-35)40-19-9-10-23-42-40/h9-12,14-17,19-20,23-24,29-32,45H,2-8,13,18,21-22,25-28H2,1H3. The van der Waals surface area contributed by atoms with E-state index in [-0.39, 0.29) is 11.5 Å². The Morgan fingerprint density at radius 2 is 1.21 bits per heavy atom. The molecule has 0 fully saturated rings. The first kappa shape index (κ1) is 35.7. The Bertz CT molecular complexity index is 1520. The number of rotatable bonds is 22. The van der Waals surface area contributed by atoms with E-state index in [1.165, 1.54) is 61.8 Å². The van der Waals surface area contributed by atoms with Crippen LogP contribution in [0.1, 0.15) is 75.0 Å². The number of hydrogen-bond donors (Lipinski definition) is 1. The van der Waals surface area contributed by atoms with E-state index in [1.54, 1.807) is 0 Å². The molecule has 6 heteroatoms. The molecule has 2 aromatic carbocycles. The number of aliphatic hydroxyl groups is 1. The quantitative estimate of drug-likeness (QED) is 0.0527. The number of unbranched alkanes of at least 4 members (excludes halogenated alkanes) is 6. The van der Waals surface area contributed by atoms with E-state index >= 15 is 0 Å². The van der Waals surface area contributed by atoms with Crippen molar-refractivity contribution in [2.24, 2.45) is 0 Å². The van der Waals surface area contributed by atoms with Crippen LogP contribution in [0, 0.1) is 0 Å². The van der Waals surface area contributed by atoms with Crippen LogP contribution in [-0.2, 0) is 33.5 Å². The van der Waals surface area contributed by atoms with Gasteiger partial charge in [0.15, 0.2) is 5.78 Å². The number of ketones is 1. The minimum absolute atomic E-state index is 0.0941. The Kier molecular flexibility index (Phi) is 15.9. The van der Waals surface area contributed by atoms with Crippen molar-refractivity contribution in [3.63, 3.8) is 0 Å². The highest BCUT2D eigenvalue weighted by molar-refractivity contribution is 5.87. The van der Waals surface area contributed by atoms with E-state index in [0.717, 1.165) is 54.6 Å². The number of allylic oxidation sites excluding steroid dienone is 2. The van der Waals surface area contributed by atoms with Crippen LogP contribution < -0.4 is 0 Å². The molecule has 0 unspecified atom stereocenters. The third-order valence-electron chi connectivity index (χ3n) is 8.15. The minimum Gasteiger partial charge on any atom is -0.512 e. The largest absolute Gasteiger partial charge is 0.512 e. The van der Waals surface area contributed by atoms with Crippen LogP contribution in [0.2, 0.25) is 0 Å². The molecule has 0 aliphatic heterocycles. The molecule has 0 aliphatic rings. The van der Waals surface area contributed by atoms with Gasteiger partial charge in [-0.25, -0.2) is 0 Å². The van der Waals surface area contributed by atoms with Gasteiger partial charge in [0.25, 0.3) is 0 Å². The van der Waals surface area contributed by atoms with Gasteiger partial charge in [0.05, 0.1) is 43.6 Å². The lowest BCUT2D eigenvalue weighted by Gasteiger charge is -2.09. The van der Waals surface area contributed by atoms with Gasteiger partial charge in [0.1, 0.15) is 0 Å². The number of aliphatic hydroxyl groups excluding tert-OH is 1. The molecule has 4 rings (SSSR count). The molecule has 0 amide bonds.